The number of hydrogen-bond acceptors (Lipinski definition) is 6. The Balaban J connectivity index is 1.62. The average Bonchev–Trinajstić information content (AvgIpc) is 2.80. The van der Waals surface area contributed by atoms with Crippen molar-refractivity contribution in [2.75, 3.05) is 10.6 Å². The van der Waals surface area contributed by atoms with E-state index in [1.165, 1.54) is 13.1 Å². The number of carbonyl (C=O) groups excluding carboxylic acids is 3. The first-order chi connectivity index (χ1) is 15.4. The molecule has 1 aromatic heterocycles. The Morgan fingerprint density at radius 2 is 1.38 bits per heavy atom. The van der Waals surface area contributed by atoms with Crippen LogP contribution in [0.3, 0.4) is 0 Å². The van der Waals surface area contributed by atoms with Gasteiger partial charge in [0.25, 0.3) is 5.91 Å². The molecule has 164 valence electrons. The molecule has 8 heteroatoms. The number of anilines is 2. The van der Waals surface area contributed by atoms with Gasteiger partial charge in [-0.25, -0.2) is 9.78 Å². The number of para-hydroxylation sites is 2. The number of amides is 2. The molecule has 0 saturated heterocycles. The topological polar surface area (TPSA) is 97.4 Å². The number of aromatic nitrogens is 1. The zero-order valence-electron chi connectivity index (χ0n) is 17.6. The third kappa shape index (κ3) is 6.42. The number of hydrogen-bond donors (Lipinski definition) is 2. The molecule has 7 nitrogen and oxygen atoms in total. The summed E-state index contributed by atoms with van der Waals surface area (Å²) in [6.45, 7) is 3.22. The van der Waals surface area contributed by atoms with Crippen LogP contribution in [0.25, 0.3) is 0 Å². The minimum atomic E-state index is -1.01. The van der Waals surface area contributed by atoms with Crippen molar-refractivity contribution in [2.24, 2.45) is 0 Å². The van der Waals surface area contributed by atoms with Gasteiger partial charge in [-0.15, -0.1) is 0 Å². The third-order valence-corrected chi connectivity index (χ3v) is 5.50. The van der Waals surface area contributed by atoms with Crippen LogP contribution in [0.4, 0.5) is 11.4 Å². The molecule has 0 fully saturated rings. The minimum Gasteiger partial charge on any atom is -0.449 e. The van der Waals surface area contributed by atoms with Crippen molar-refractivity contribution >= 4 is 40.9 Å². The quantitative estimate of drug-likeness (QED) is 0.391. The highest BCUT2D eigenvalue weighted by molar-refractivity contribution is 8.00. The lowest BCUT2D eigenvalue weighted by molar-refractivity contribution is -0.123. The lowest BCUT2D eigenvalue weighted by Gasteiger charge is -2.16. The first kappa shape index (κ1) is 23.0. The van der Waals surface area contributed by atoms with E-state index in [0.29, 0.717) is 16.4 Å². The van der Waals surface area contributed by atoms with Crippen LogP contribution < -0.4 is 10.6 Å². The fourth-order valence-corrected chi connectivity index (χ4v) is 3.57. The smallest absolute Gasteiger partial charge is 0.341 e. The molecule has 2 N–H and O–H groups in total. The summed E-state index contributed by atoms with van der Waals surface area (Å²) in [6, 6.07) is 21.2. The van der Waals surface area contributed by atoms with Crippen molar-refractivity contribution in [3.8, 4) is 0 Å². The van der Waals surface area contributed by atoms with Crippen LogP contribution in [0, 0.1) is 0 Å². The highest BCUT2D eigenvalue weighted by Crippen LogP contribution is 2.26. The number of esters is 1. The molecule has 0 aliphatic rings. The van der Waals surface area contributed by atoms with Gasteiger partial charge in [0, 0.05) is 17.6 Å². The molecule has 0 aliphatic carbocycles. The van der Waals surface area contributed by atoms with Crippen LogP contribution in [0.1, 0.15) is 24.2 Å². The minimum absolute atomic E-state index is 0.191. The van der Waals surface area contributed by atoms with E-state index in [2.05, 4.69) is 15.6 Å². The van der Waals surface area contributed by atoms with Crippen LogP contribution in [-0.2, 0) is 14.3 Å². The van der Waals surface area contributed by atoms with Crippen molar-refractivity contribution in [3.05, 3.63) is 84.6 Å². The van der Waals surface area contributed by atoms with Gasteiger partial charge in [0.2, 0.25) is 5.91 Å². The van der Waals surface area contributed by atoms with Gasteiger partial charge in [0.05, 0.1) is 10.8 Å². The lowest BCUT2D eigenvalue weighted by Crippen LogP contribution is -2.30. The van der Waals surface area contributed by atoms with Gasteiger partial charge in [-0.1, -0.05) is 48.2 Å². The summed E-state index contributed by atoms with van der Waals surface area (Å²) in [5, 5.41) is 5.35. The Labute approximate surface area is 190 Å². The van der Waals surface area contributed by atoms with Crippen molar-refractivity contribution in [1.29, 1.82) is 0 Å². The summed E-state index contributed by atoms with van der Waals surface area (Å²) < 4.78 is 5.34. The highest BCUT2D eigenvalue weighted by atomic mass is 32.2. The Morgan fingerprint density at radius 1 is 0.812 bits per heavy atom. The second-order valence-electron chi connectivity index (χ2n) is 6.87. The molecule has 0 radical (unpaired) electrons. The number of carbonyl (C=O) groups is 3. The number of benzene rings is 2. The number of ether oxygens (including phenoxy) is 1. The number of nitrogens with zero attached hydrogens (tertiary/aromatic N) is 1. The molecule has 2 aromatic carbocycles. The van der Waals surface area contributed by atoms with Crippen molar-refractivity contribution in [3.63, 3.8) is 0 Å². The predicted octanol–water partition coefficient (Wildman–Crippen LogP) is 4.38. The van der Waals surface area contributed by atoms with Gasteiger partial charge in [0.15, 0.2) is 6.10 Å². The van der Waals surface area contributed by atoms with Crippen LogP contribution in [0.15, 0.2) is 84.0 Å². The first-order valence-corrected chi connectivity index (χ1v) is 10.9. The molecule has 3 rings (SSSR count). The van der Waals surface area contributed by atoms with Crippen LogP contribution in [0.5, 0.6) is 0 Å². The largest absolute Gasteiger partial charge is 0.449 e. The fourth-order valence-electron chi connectivity index (χ4n) is 2.67. The zero-order valence-corrected chi connectivity index (χ0v) is 18.5. The van der Waals surface area contributed by atoms with Gasteiger partial charge in [-0.05, 0) is 50.2 Å². The highest BCUT2D eigenvalue weighted by Gasteiger charge is 2.24. The lowest BCUT2D eigenvalue weighted by atomic mass is 10.2. The molecular formula is C24H23N3O4S. The maximum absolute atomic E-state index is 12.7. The van der Waals surface area contributed by atoms with Crippen LogP contribution in [-0.4, -0.2) is 34.1 Å². The third-order valence-electron chi connectivity index (χ3n) is 4.38. The van der Waals surface area contributed by atoms with E-state index in [9.17, 15) is 14.4 Å². The first-order valence-electron chi connectivity index (χ1n) is 9.98. The molecule has 2 atom stereocenters. The Kier molecular flexibility index (Phi) is 7.99. The molecule has 0 spiro atoms. The molecule has 2 amide bonds. The molecule has 0 unspecified atom stereocenters. The van der Waals surface area contributed by atoms with Crippen LogP contribution >= 0.6 is 11.8 Å². The second kappa shape index (κ2) is 11.1. The molecule has 1 heterocycles. The number of pyridine rings is 1. The summed E-state index contributed by atoms with van der Waals surface area (Å²) in [5.74, 6) is -1.35. The fraction of sp³-hybridized carbons (Fsp3) is 0.167. The second-order valence-corrected chi connectivity index (χ2v) is 8.20. The van der Waals surface area contributed by atoms with Crippen molar-refractivity contribution < 1.29 is 19.1 Å². The van der Waals surface area contributed by atoms with E-state index in [1.54, 1.807) is 55.5 Å². The average molecular weight is 450 g/mol. The van der Waals surface area contributed by atoms with Gasteiger partial charge in [-0.2, -0.15) is 0 Å². The molecular weight excluding hydrogens is 426 g/mol. The number of nitrogens with one attached hydrogen (secondary N) is 2. The predicted molar refractivity (Wildman–Crippen MR) is 125 cm³/mol. The van der Waals surface area contributed by atoms with E-state index in [4.69, 9.17) is 4.74 Å². The van der Waals surface area contributed by atoms with Crippen molar-refractivity contribution in [1.82, 2.24) is 4.98 Å². The Bertz CT molecular complexity index is 1080. The summed E-state index contributed by atoms with van der Waals surface area (Å²) >= 11 is 1.14. The van der Waals surface area contributed by atoms with Gasteiger partial charge in [-0.3, -0.25) is 9.59 Å². The summed E-state index contributed by atoms with van der Waals surface area (Å²) in [5.41, 5.74) is 1.48. The maximum atomic E-state index is 12.7. The SMILES string of the molecule is C[C@H](OC(=O)c1cccnc1S[C@H](C)C(=O)Nc1ccccc1)C(=O)Nc1ccccc1. The van der Waals surface area contributed by atoms with E-state index in [-0.39, 0.29) is 11.5 Å². The number of thioether (sulfide) groups is 1. The zero-order chi connectivity index (χ0) is 22.9. The number of rotatable bonds is 8. The van der Waals surface area contributed by atoms with E-state index in [0.717, 1.165) is 11.8 Å². The Hall–Kier alpha value is -3.65. The van der Waals surface area contributed by atoms with Gasteiger partial charge in [0.1, 0.15) is 5.03 Å². The Morgan fingerprint density at radius 3 is 1.97 bits per heavy atom. The van der Waals surface area contributed by atoms with E-state index in [1.807, 2.05) is 24.3 Å². The molecule has 0 bridgehead atoms. The van der Waals surface area contributed by atoms with Gasteiger partial charge >= 0.3 is 5.97 Å². The van der Waals surface area contributed by atoms with E-state index >= 15 is 0 Å². The van der Waals surface area contributed by atoms with Gasteiger partial charge < -0.3 is 15.4 Å². The molecule has 0 aliphatic heterocycles. The van der Waals surface area contributed by atoms with Crippen molar-refractivity contribution in [2.45, 2.75) is 30.2 Å². The molecule has 0 saturated carbocycles. The maximum Gasteiger partial charge on any atom is 0.341 e. The monoisotopic (exact) mass is 449 g/mol. The van der Waals surface area contributed by atoms with Crippen LogP contribution in [0.2, 0.25) is 0 Å². The molecule has 3 aromatic rings. The molecule has 32 heavy (non-hydrogen) atoms. The van der Waals surface area contributed by atoms with E-state index < -0.39 is 23.2 Å². The standard InChI is InChI=1S/C24H23N3O4S/c1-16(21(28)26-18-10-5-3-6-11-18)31-24(30)20-14-9-15-25-23(20)32-17(2)22(29)27-19-12-7-4-8-13-19/h3-17H,1-2H3,(H,26,28)(H,27,29)/t16-,17+/m0/s1. The summed E-state index contributed by atoms with van der Waals surface area (Å²) in [4.78, 5) is 41.8. The normalized spacial score (nSPS) is 12.3. The summed E-state index contributed by atoms with van der Waals surface area (Å²) in [6.07, 6.45) is 0.520. The summed E-state index contributed by atoms with van der Waals surface area (Å²) in [7, 11) is 0.